The van der Waals surface area contributed by atoms with Crippen LogP contribution < -0.4 is 5.73 Å². The second-order valence-corrected chi connectivity index (χ2v) is 5.14. The van der Waals surface area contributed by atoms with Gasteiger partial charge in [-0.3, -0.25) is 0 Å². The van der Waals surface area contributed by atoms with Gasteiger partial charge in [-0.1, -0.05) is 0 Å². The van der Waals surface area contributed by atoms with Crippen LogP contribution in [0.4, 0.5) is 8.78 Å². The van der Waals surface area contributed by atoms with Crippen molar-refractivity contribution in [2.24, 2.45) is 5.73 Å². The van der Waals surface area contributed by atoms with Gasteiger partial charge in [0.1, 0.15) is 11.6 Å². The normalized spacial score (nSPS) is 14.7. The second kappa shape index (κ2) is 5.89. The summed E-state index contributed by atoms with van der Waals surface area (Å²) in [4.78, 5) is 0. The van der Waals surface area contributed by atoms with Crippen molar-refractivity contribution in [1.29, 1.82) is 0 Å². The lowest BCUT2D eigenvalue weighted by molar-refractivity contribution is 0.101. The summed E-state index contributed by atoms with van der Waals surface area (Å²) >= 11 is 3.03. The molecule has 0 fully saturated rings. The highest BCUT2D eigenvalue weighted by Gasteiger charge is 2.24. The van der Waals surface area contributed by atoms with Gasteiger partial charge in [0.2, 0.25) is 0 Å². The zero-order valence-electron chi connectivity index (χ0n) is 9.90. The molecule has 17 heavy (non-hydrogen) atoms. The van der Waals surface area contributed by atoms with E-state index in [4.69, 9.17) is 10.5 Å². The molecule has 0 aliphatic carbocycles. The molecule has 1 rings (SSSR count). The van der Waals surface area contributed by atoms with E-state index in [2.05, 4.69) is 15.9 Å². The zero-order valence-corrected chi connectivity index (χ0v) is 11.5. The molecule has 0 spiro atoms. The van der Waals surface area contributed by atoms with Crippen LogP contribution in [0.2, 0.25) is 0 Å². The fourth-order valence-corrected chi connectivity index (χ4v) is 1.89. The van der Waals surface area contributed by atoms with Crippen molar-refractivity contribution in [3.63, 3.8) is 0 Å². The van der Waals surface area contributed by atoms with E-state index in [0.29, 0.717) is 6.61 Å². The summed E-state index contributed by atoms with van der Waals surface area (Å²) in [6.07, 6.45) is 0.0874. The van der Waals surface area contributed by atoms with Crippen LogP contribution in [0.3, 0.4) is 0 Å². The Bertz CT molecular complexity index is 396. The first-order valence-corrected chi connectivity index (χ1v) is 6.15. The van der Waals surface area contributed by atoms with Crippen LogP contribution >= 0.6 is 15.9 Å². The van der Waals surface area contributed by atoms with Crippen LogP contribution in [0.1, 0.15) is 19.4 Å². The van der Waals surface area contributed by atoms with Crippen molar-refractivity contribution >= 4 is 15.9 Å². The van der Waals surface area contributed by atoms with E-state index in [-0.39, 0.29) is 23.1 Å². The fraction of sp³-hybridized carbons (Fsp3) is 0.500. The molecule has 1 unspecified atom stereocenters. The van der Waals surface area contributed by atoms with E-state index in [1.807, 2.05) is 6.92 Å². The Hall–Kier alpha value is -0.520. The maximum absolute atomic E-state index is 13.7. The van der Waals surface area contributed by atoms with Gasteiger partial charge in [-0.15, -0.1) is 0 Å². The molecule has 0 radical (unpaired) electrons. The quantitative estimate of drug-likeness (QED) is 0.849. The molecule has 0 heterocycles. The first-order valence-electron chi connectivity index (χ1n) is 5.36. The van der Waals surface area contributed by atoms with Gasteiger partial charge >= 0.3 is 0 Å². The standard InChI is InChI=1S/C12H16BrF2NO/c1-3-17-7-12(2,16)6-8-10(14)5-4-9(13)11(8)15/h4-5H,3,6-7,16H2,1-2H3. The van der Waals surface area contributed by atoms with Crippen molar-refractivity contribution < 1.29 is 13.5 Å². The minimum absolute atomic E-state index is 0.0101. The average Bonchev–Trinajstić information content (AvgIpc) is 2.27. The predicted molar refractivity (Wildman–Crippen MR) is 66.8 cm³/mol. The van der Waals surface area contributed by atoms with E-state index < -0.39 is 17.2 Å². The average molecular weight is 308 g/mol. The molecule has 1 aromatic carbocycles. The van der Waals surface area contributed by atoms with Crippen molar-refractivity contribution in [2.75, 3.05) is 13.2 Å². The summed E-state index contributed by atoms with van der Waals surface area (Å²) in [5.74, 6) is -1.18. The van der Waals surface area contributed by atoms with E-state index >= 15 is 0 Å². The molecule has 0 bridgehead atoms. The van der Waals surface area contributed by atoms with Crippen LogP contribution in [0.5, 0.6) is 0 Å². The maximum Gasteiger partial charge on any atom is 0.143 e. The summed E-state index contributed by atoms with van der Waals surface area (Å²) in [6.45, 7) is 4.34. The largest absolute Gasteiger partial charge is 0.380 e. The summed E-state index contributed by atoms with van der Waals surface area (Å²) in [5.41, 5.74) is 5.15. The van der Waals surface area contributed by atoms with E-state index in [1.165, 1.54) is 12.1 Å². The molecule has 0 aliphatic heterocycles. The Balaban J connectivity index is 2.91. The molecule has 0 saturated heterocycles. The Labute approximate surface area is 108 Å². The Morgan fingerprint density at radius 2 is 2.06 bits per heavy atom. The smallest absolute Gasteiger partial charge is 0.143 e. The number of hydrogen-bond donors (Lipinski definition) is 1. The second-order valence-electron chi connectivity index (χ2n) is 4.29. The van der Waals surface area contributed by atoms with E-state index in [1.54, 1.807) is 6.92 Å². The maximum atomic E-state index is 13.7. The van der Waals surface area contributed by atoms with Gasteiger partial charge in [0.05, 0.1) is 11.1 Å². The van der Waals surface area contributed by atoms with Crippen LogP contribution in [0, 0.1) is 11.6 Å². The Morgan fingerprint density at radius 1 is 1.41 bits per heavy atom. The monoisotopic (exact) mass is 307 g/mol. The highest BCUT2D eigenvalue weighted by molar-refractivity contribution is 9.10. The van der Waals surface area contributed by atoms with Crippen LogP contribution in [0.25, 0.3) is 0 Å². The first-order chi connectivity index (χ1) is 7.87. The molecule has 2 nitrogen and oxygen atoms in total. The van der Waals surface area contributed by atoms with Crippen LogP contribution in [-0.2, 0) is 11.2 Å². The minimum Gasteiger partial charge on any atom is -0.380 e. The first kappa shape index (κ1) is 14.5. The number of rotatable bonds is 5. The molecular formula is C12H16BrF2NO. The molecule has 0 saturated carbocycles. The zero-order chi connectivity index (χ0) is 13.1. The van der Waals surface area contributed by atoms with Gasteiger partial charge in [-0.2, -0.15) is 0 Å². The fourth-order valence-electron chi connectivity index (χ4n) is 1.52. The van der Waals surface area contributed by atoms with Gasteiger partial charge in [-0.25, -0.2) is 8.78 Å². The summed E-state index contributed by atoms with van der Waals surface area (Å²) in [7, 11) is 0. The molecule has 96 valence electrons. The van der Waals surface area contributed by atoms with E-state index in [0.717, 1.165) is 0 Å². The lowest BCUT2D eigenvalue weighted by Gasteiger charge is -2.24. The molecule has 1 aromatic rings. The Morgan fingerprint density at radius 3 is 2.65 bits per heavy atom. The molecule has 5 heteroatoms. The molecule has 0 amide bonds. The van der Waals surface area contributed by atoms with Gasteiger partial charge in [0.15, 0.2) is 0 Å². The van der Waals surface area contributed by atoms with E-state index in [9.17, 15) is 8.78 Å². The third-order valence-corrected chi connectivity index (χ3v) is 2.97. The van der Waals surface area contributed by atoms with Crippen molar-refractivity contribution in [2.45, 2.75) is 25.8 Å². The van der Waals surface area contributed by atoms with Crippen molar-refractivity contribution in [3.8, 4) is 0 Å². The van der Waals surface area contributed by atoms with Crippen molar-refractivity contribution in [1.82, 2.24) is 0 Å². The Kier molecular flexibility index (Phi) is 5.04. The topological polar surface area (TPSA) is 35.2 Å². The van der Waals surface area contributed by atoms with Gasteiger partial charge in [0.25, 0.3) is 0 Å². The summed E-state index contributed by atoms with van der Waals surface area (Å²) in [6, 6.07) is 2.56. The molecule has 0 aromatic heterocycles. The number of halogens is 3. The SMILES string of the molecule is CCOCC(C)(N)Cc1c(F)ccc(Br)c1F. The lowest BCUT2D eigenvalue weighted by atomic mass is 9.94. The number of ether oxygens (including phenoxy) is 1. The highest BCUT2D eigenvalue weighted by Crippen LogP contribution is 2.24. The van der Waals surface area contributed by atoms with Crippen LogP contribution in [0.15, 0.2) is 16.6 Å². The molecule has 0 aliphatic rings. The third-order valence-electron chi connectivity index (χ3n) is 2.36. The molecule has 1 atom stereocenters. The van der Waals surface area contributed by atoms with Gasteiger partial charge in [0, 0.05) is 17.7 Å². The lowest BCUT2D eigenvalue weighted by Crippen LogP contribution is -2.44. The minimum atomic E-state index is -0.793. The number of hydrogen-bond acceptors (Lipinski definition) is 2. The molecular weight excluding hydrogens is 292 g/mol. The summed E-state index contributed by atoms with van der Waals surface area (Å²) in [5, 5.41) is 0. The van der Waals surface area contributed by atoms with Crippen molar-refractivity contribution in [3.05, 3.63) is 33.8 Å². The molecule has 2 N–H and O–H groups in total. The van der Waals surface area contributed by atoms with Gasteiger partial charge in [-0.05, 0) is 48.3 Å². The van der Waals surface area contributed by atoms with Gasteiger partial charge < -0.3 is 10.5 Å². The number of benzene rings is 1. The van der Waals surface area contributed by atoms with Crippen LogP contribution in [-0.4, -0.2) is 18.8 Å². The number of nitrogens with two attached hydrogens (primary N) is 1. The highest BCUT2D eigenvalue weighted by atomic mass is 79.9. The summed E-state index contributed by atoms with van der Waals surface area (Å²) < 4.78 is 32.7. The predicted octanol–water partition coefficient (Wildman–Crippen LogP) is 3.02. The third kappa shape index (κ3) is 4.01.